The Labute approximate surface area is 74.3 Å². The van der Waals surface area contributed by atoms with E-state index in [0.717, 1.165) is 6.07 Å². The molecule has 0 heterocycles. The van der Waals surface area contributed by atoms with Gasteiger partial charge in [-0.2, -0.15) is 0 Å². The zero-order valence-corrected chi connectivity index (χ0v) is 7.22. The van der Waals surface area contributed by atoms with E-state index < -0.39 is 5.82 Å². The fourth-order valence-corrected chi connectivity index (χ4v) is 1.09. The minimum atomic E-state index is -0.393. The molecule has 0 aliphatic heterocycles. The van der Waals surface area contributed by atoms with Crippen molar-refractivity contribution in [3.63, 3.8) is 0 Å². The summed E-state index contributed by atoms with van der Waals surface area (Å²) >= 11 is 4.02. The van der Waals surface area contributed by atoms with Crippen LogP contribution in [0.15, 0.2) is 22.1 Å². The lowest BCUT2D eigenvalue weighted by Crippen LogP contribution is -1.81. The van der Waals surface area contributed by atoms with Crippen LogP contribution in [0.1, 0.15) is 5.56 Å². The second-order valence-electron chi connectivity index (χ2n) is 2.28. The molecular formula is C7H6FN3S. The Morgan fingerprint density at radius 3 is 2.83 bits per heavy atom. The van der Waals surface area contributed by atoms with Crippen LogP contribution in [0.3, 0.4) is 0 Å². The van der Waals surface area contributed by atoms with Crippen molar-refractivity contribution >= 4 is 18.3 Å². The normalized spacial score (nSPS) is 9.25. The van der Waals surface area contributed by atoms with Gasteiger partial charge in [0.05, 0.1) is 5.69 Å². The van der Waals surface area contributed by atoms with Crippen LogP contribution in [-0.4, -0.2) is 0 Å². The monoisotopic (exact) mass is 183 g/mol. The number of rotatable bonds is 1. The molecule has 5 heteroatoms. The van der Waals surface area contributed by atoms with Crippen LogP contribution in [0, 0.1) is 12.7 Å². The zero-order valence-electron chi connectivity index (χ0n) is 6.32. The highest BCUT2D eigenvalue weighted by Gasteiger charge is 2.02. The Balaban J connectivity index is 3.32. The number of hydrogen-bond donors (Lipinski definition) is 1. The van der Waals surface area contributed by atoms with Gasteiger partial charge in [-0.1, -0.05) is 5.11 Å². The van der Waals surface area contributed by atoms with Gasteiger partial charge in [-0.05, 0) is 30.2 Å². The first-order valence-corrected chi connectivity index (χ1v) is 3.64. The third-order valence-electron chi connectivity index (χ3n) is 1.41. The molecule has 0 bridgehead atoms. The van der Waals surface area contributed by atoms with Crippen molar-refractivity contribution in [2.45, 2.75) is 11.8 Å². The van der Waals surface area contributed by atoms with Crippen LogP contribution in [0.4, 0.5) is 10.1 Å². The summed E-state index contributed by atoms with van der Waals surface area (Å²) in [5.74, 6) is -0.393. The molecule has 1 aromatic rings. The summed E-state index contributed by atoms with van der Waals surface area (Å²) in [6.45, 7) is 1.62. The van der Waals surface area contributed by atoms with Gasteiger partial charge in [0.15, 0.2) is 0 Å². The van der Waals surface area contributed by atoms with E-state index in [1.807, 2.05) is 0 Å². The van der Waals surface area contributed by atoms with E-state index in [2.05, 4.69) is 22.7 Å². The van der Waals surface area contributed by atoms with Crippen LogP contribution in [0.2, 0.25) is 0 Å². The second kappa shape index (κ2) is 3.47. The van der Waals surface area contributed by atoms with E-state index in [9.17, 15) is 4.39 Å². The van der Waals surface area contributed by atoms with E-state index >= 15 is 0 Å². The molecule has 0 fully saturated rings. The maximum atomic E-state index is 12.9. The van der Waals surface area contributed by atoms with Crippen LogP contribution in [-0.2, 0) is 0 Å². The second-order valence-corrected chi connectivity index (χ2v) is 2.76. The summed E-state index contributed by atoms with van der Waals surface area (Å²) in [6, 6.07) is 2.68. The van der Waals surface area contributed by atoms with Gasteiger partial charge in [0.2, 0.25) is 0 Å². The highest BCUT2D eigenvalue weighted by atomic mass is 32.1. The summed E-state index contributed by atoms with van der Waals surface area (Å²) in [5.41, 5.74) is 8.80. The molecule has 3 nitrogen and oxygen atoms in total. The molecule has 0 N–H and O–H groups in total. The van der Waals surface area contributed by atoms with Crippen molar-refractivity contribution in [3.8, 4) is 0 Å². The topological polar surface area (TPSA) is 48.8 Å². The van der Waals surface area contributed by atoms with Crippen LogP contribution < -0.4 is 0 Å². The third kappa shape index (κ3) is 1.69. The first-order valence-electron chi connectivity index (χ1n) is 3.19. The van der Waals surface area contributed by atoms with Crippen LogP contribution in [0.5, 0.6) is 0 Å². The van der Waals surface area contributed by atoms with Gasteiger partial charge in [0.25, 0.3) is 0 Å². The van der Waals surface area contributed by atoms with Crippen molar-refractivity contribution in [3.05, 3.63) is 34.0 Å². The van der Waals surface area contributed by atoms with Crippen LogP contribution >= 0.6 is 12.6 Å². The van der Waals surface area contributed by atoms with E-state index in [1.165, 1.54) is 6.07 Å². The van der Waals surface area contributed by atoms with Crippen molar-refractivity contribution in [2.75, 3.05) is 0 Å². The van der Waals surface area contributed by atoms with Crippen LogP contribution in [0.25, 0.3) is 10.4 Å². The number of hydrogen-bond acceptors (Lipinski definition) is 2. The van der Waals surface area contributed by atoms with E-state index in [-0.39, 0.29) is 5.69 Å². The molecule has 0 saturated heterocycles. The maximum absolute atomic E-state index is 12.9. The zero-order chi connectivity index (χ0) is 9.14. The van der Waals surface area contributed by atoms with E-state index in [0.29, 0.717) is 10.5 Å². The standard InChI is InChI=1S/C7H6FN3S/c1-4-2-7(12)6(10-11-9)3-5(4)8/h2-3,12H,1H3. The van der Waals surface area contributed by atoms with Gasteiger partial charge in [0.1, 0.15) is 5.82 Å². The van der Waals surface area contributed by atoms with Gasteiger partial charge in [-0.15, -0.1) is 12.6 Å². The summed E-state index contributed by atoms with van der Waals surface area (Å²) < 4.78 is 12.9. The minimum Gasteiger partial charge on any atom is -0.207 e. The first-order chi connectivity index (χ1) is 5.65. The van der Waals surface area contributed by atoms with Crippen molar-refractivity contribution in [1.29, 1.82) is 0 Å². The fourth-order valence-electron chi connectivity index (χ4n) is 0.784. The molecule has 1 aromatic carbocycles. The SMILES string of the molecule is Cc1cc(S)c(N=[N+]=[N-])cc1F. The predicted octanol–water partition coefficient (Wildman–Crippen LogP) is 3.36. The number of thiol groups is 1. The lowest BCUT2D eigenvalue weighted by Gasteiger charge is -2.00. The van der Waals surface area contributed by atoms with Gasteiger partial charge in [-0.25, -0.2) is 4.39 Å². The minimum absolute atomic E-state index is 0.212. The summed E-state index contributed by atoms with van der Waals surface area (Å²) in [7, 11) is 0. The van der Waals surface area contributed by atoms with Crippen molar-refractivity contribution < 1.29 is 4.39 Å². The highest BCUT2D eigenvalue weighted by Crippen LogP contribution is 2.26. The van der Waals surface area contributed by atoms with E-state index in [4.69, 9.17) is 5.53 Å². The summed E-state index contributed by atoms with van der Waals surface area (Å²) in [4.78, 5) is 3.03. The third-order valence-corrected chi connectivity index (χ3v) is 1.77. The molecule has 12 heavy (non-hydrogen) atoms. The molecule has 0 unspecified atom stereocenters. The Hall–Kier alpha value is -1.19. The van der Waals surface area contributed by atoms with Gasteiger partial charge < -0.3 is 0 Å². The number of nitrogens with zero attached hydrogens (tertiary/aromatic N) is 3. The molecular weight excluding hydrogens is 177 g/mol. The molecule has 0 saturated carbocycles. The lowest BCUT2D eigenvalue weighted by atomic mass is 10.2. The predicted molar refractivity (Wildman–Crippen MR) is 47.2 cm³/mol. The molecule has 0 spiro atoms. The lowest BCUT2D eigenvalue weighted by molar-refractivity contribution is 0.617. The quantitative estimate of drug-likeness (QED) is 0.300. The van der Waals surface area contributed by atoms with Gasteiger partial charge in [-0.3, -0.25) is 0 Å². The van der Waals surface area contributed by atoms with Gasteiger partial charge >= 0.3 is 0 Å². The van der Waals surface area contributed by atoms with Gasteiger partial charge in [0, 0.05) is 9.81 Å². The Kier molecular flexibility index (Phi) is 2.58. The number of azide groups is 1. The fraction of sp³-hybridized carbons (Fsp3) is 0.143. The maximum Gasteiger partial charge on any atom is 0.126 e. The molecule has 0 aliphatic rings. The number of benzene rings is 1. The molecule has 0 amide bonds. The molecule has 62 valence electrons. The molecule has 0 atom stereocenters. The van der Waals surface area contributed by atoms with Crippen molar-refractivity contribution in [2.24, 2.45) is 5.11 Å². The summed E-state index contributed by atoms with van der Waals surface area (Å²) in [6.07, 6.45) is 0. The molecule has 1 rings (SSSR count). The molecule has 0 radical (unpaired) electrons. The molecule has 0 aromatic heterocycles. The number of aryl methyl sites for hydroxylation is 1. The molecule has 0 aliphatic carbocycles. The smallest absolute Gasteiger partial charge is 0.126 e. The Morgan fingerprint density at radius 2 is 2.25 bits per heavy atom. The Bertz CT molecular complexity index is 358. The Morgan fingerprint density at radius 1 is 1.58 bits per heavy atom. The van der Waals surface area contributed by atoms with E-state index in [1.54, 1.807) is 6.92 Å². The largest absolute Gasteiger partial charge is 0.207 e. The van der Waals surface area contributed by atoms with Crippen molar-refractivity contribution in [1.82, 2.24) is 0 Å². The average molecular weight is 183 g/mol. The number of halogens is 1. The summed E-state index contributed by atoms with van der Waals surface area (Å²) in [5, 5.41) is 3.27. The first kappa shape index (κ1) is 8.90. The highest BCUT2D eigenvalue weighted by molar-refractivity contribution is 7.80. The average Bonchev–Trinajstić information content (AvgIpc) is 2.01.